The van der Waals surface area contributed by atoms with Crippen LogP contribution >= 0.6 is 11.6 Å². The number of hydrogen-bond donors (Lipinski definition) is 1. The van der Waals surface area contributed by atoms with Crippen LogP contribution in [0.25, 0.3) is 0 Å². The molecule has 0 radical (unpaired) electrons. The molecule has 0 fully saturated rings. The van der Waals surface area contributed by atoms with E-state index in [1.807, 2.05) is 0 Å². The summed E-state index contributed by atoms with van der Waals surface area (Å²) < 4.78 is 24.6. The summed E-state index contributed by atoms with van der Waals surface area (Å²) in [5, 5.41) is 5.85. The van der Waals surface area contributed by atoms with Gasteiger partial charge in [-0.05, 0) is 13.0 Å². The van der Waals surface area contributed by atoms with E-state index < -0.39 is 10.0 Å². The largest absolute Gasteiger partial charge is 0.266 e. The lowest BCUT2D eigenvalue weighted by molar-refractivity contribution is 0.467. The Hall–Kier alpha value is -0.590. The molecule has 1 aromatic heterocycles. The van der Waals surface area contributed by atoms with E-state index in [0.717, 1.165) is 0 Å². The van der Waals surface area contributed by atoms with Crippen LogP contribution < -0.4 is 0 Å². The van der Waals surface area contributed by atoms with Crippen LogP contribution in [0.3, 0.4) is 0 Å². The lowest BCUT2D eigenvalue weighted by Gasteiger charge is -2.16. The first-order chi connectivity index (χ1) is 6.44. The summed E-state index contributed by atoms with van der Waals surface area (Å²) in [6.45, 7) is 2.00. The second-order valence-corrected chi connectivity index (χ2v) is 5.75. The standard InChI is InChI=1S/C7H12ClN3O2S/c1-6(8)5-11(2)14(12,13)7-3-4-9-10-7/h3-4,6H,5H2,1-2H3,(H,9,10). The molecule has 1 N–H and O–H groups in total. The highest BCUT2D eigenvalue weighted by Gasteiger charge is 2.22. The van der Waals surface area contributed by atoms with Crippen molar-refractivity contribution < 1.29 is 8.42 Å². The number of halogens is 1. The summed E-state index contributed by atoms with van der Waals surface area (Å²) >= 11 is 5.71. The lowest BCUT2D eigenvalue weighted by atomic mass is 10.5. The van der Waals surface area contributed by atoms with E-state index in [0.29, 0.717) is 0 Å². The summed E-state index contributed by atoms with van der Waals surface area (Å²) in [6, 6.07) is 1.41. The molecular weight excluding hydrogens is 226 g/mol. The first-order valence-electron chi connectivity index (χ1n) is 4.04. The lowest BCUT2D eigenvalue weighted by Crippen LogP contribution is -2.31. The Morgan fingerprint density at radius 1 is 1.71 bits per heavy atom. The predicted molar refractivity (Wildman–Crippen MR) is 53.7 cm³/mol. The minimum Gasteiger partial charge on any atom is -0.266 e. The zero-order valence-electron chi connectivity index (χ0n) is 7.94. The molecule has 0 amide bonds. The predicted octanol–water partition coefficient (Wildman–Crippen LogP) is 0.657. The minimum atomic E-state index is -3.46. The van der Waals surface area contributed by atoms with Gasteiger partial charge in [0.1, 0.15) is 0 Å². The third-order valence-electron chi connectivity index (χ3n) is 1.67. The summed E-state index contributed by atoms with van der Waals surface area (Å²) in [6.07, 6.45) is 1.39. The summed E-state index contributed by atoms with van der Waals surface area (Å²) in [5.41, 5.74) is 0. The zero-order valence-corrected chi connectivity index (χ0v) is 9.51. The molecule has 0 aromatic carbocycles. The van der Waals surface area contributed by atoms with Crippen molar-refractivity contribution >= 4 is 21.6 Å². The van der Waals surface area contributed by atoms with Crippen LogP contribution in [0.15, 0.2) is 17.3 Å². The van der Waals surface area contributed by atoms with Crippen molar-refractivity contribution in [1.29, 1.82) is 0 Å². The number of rotatable bonds is 4. The van der Waals surface area contributed by atoms with Crippen molar-refractivity contribution in [3.63, 3.8) is 0 Å². The molecule has 0 saturated heterocycles. The van der Waals surface area contributed by atoms with Gasteiger partial charge in [0, 0.05) is 19.0 Å². The van der Waals surface area contributed by atoms with E-state index in [1.165, 1.54) is 23.6 Å². The number of nitrogens with zero attached hydrogens (tertiary/aromatic N) is 2. The molecule has 0 spiro atoms. The number of nitrogens with one attached hydrogen (secondary N) is 1. The number of sulfonamides is 1. The van der Waals surface area contributed by atoms with Gasteiger partial charge in [0.05, 0.1) is 6.20 Å². The van der Waals surface area contributed by atoms with E-state index in [1.54, 1.807) is 6.92 Å². The Bertz CT molecular complexity index is 374. The molecule has 1 heterocycles. The van der Waals surface area contributed by atoms with Crippen LogP contribution in [0.2, 0.25) is 0 Å². The smallest absolute Gasteiger partial charge is 0.259 e. The number of hydrogen-bond acceptors (Lipinski definition) is 3. The first-order valence-corrected chi connectivity index (χ1v) is 5.92. The molecule has 0 aliphatic rings. The molecular formula is C7H12ClN3O2S. The van der Waals surface area contributed by atoms with Crippen LogP contribution in [0.1, 0.15) is 6.92 Å². The SMILES string of the molecule is CC(Cl)CN(C)S(=O)(=O)c1ccn[nH]1. The molecule has 14 heavy (non-hydrogen) atoms. The summed E-state index contributed by atoms with van der Waals surface area (Å²) in [7, 11) is -1.98. The topological polar surface area (TPSA) is 66.1 Å². The number of aromatic nitrogens is 2. The van der Waals surface area contributed by atoms with E-state index in [-0.39, 0.29) is 16.9 Å². The summed E-state index contributed by atoms with van der Waals surface area (Å²) in [4.78, 5) is 0. The maximum Gasteiger partial charge on any atom is 0.259 e. The Kier molecular flexibility index (Phi) is 3.52. The fraction of sp³-hybridized carbons (Fsp3) is 0.571. The maximum absolute atomic E-state index is 11.7. The fourth-order valence-corrected chi connectivity index (χ4v) is 2.45. The molecule has 7 heteroatoms. The van der Waals surface area contributed by atoms with Crippen LogP contribution in [0.4, 0.5) is 0 Å². The van der Waals surface area contributed by atoms with E-state index >= 15 is 0 Å². The average molecular weight is 238 g/mol. The van der Waals surface area contributed by atoms with Gasteiger partial charge in [-0.2, -0.15) is 9.40 Å². The van der Waals surface area contributed by atoms with Crippen molar-refractivity contribution in [2.75, 3.05) is 13.6 Å². The second-order valence-electron chi connectivity index (χ2n) is 2.99. The van der Waals surface area contributed by atoms with Crippen molar-refractivity contribution in [3.8, 4) is 0 Å². The molecule has 1 aromatic rings. The van der Waals surface area contributed by atoms with Crippen molar-refractivity contribution in [1.82, 2.24) is 14.5 Å². The Morgan fingerprint density at radius 2 is 2.36 bits per heavy atom. The molecule has 5 nitrogen and oxygen atoms in total. The molecule has 1 rings (SSSR count). The second kappa shape index (κ2) is 4.29. The van der Waals surface area contributed by atoms with Crippen LogP contribution in [-0.2, 0) is 10.0 Å². The molecule has 0 saturated carbocycles. The van der Waals surface area contributed by atoms with Gasteiger partial charge in [0.2, 0.25) is 0 Å². The normalized spacial score (nSPS) is 14.6. The van der Waals surface area contributed by atoms with E-state index in [9.17, 15) is 8.42 Å². The van der Waals surface area contributed by atoms with Gasteiger partial charge >= 0.3 is 0 Å². The van der Waals surface area contributed by atoms with E-state index in [2.05, 4.69) is 10.2 Å². The zero-order chi connectivity index (χ0) is 10.8. The molecule has 80 valence electrons. The average Bonchev–Trinajstić information content (AvgIpc) is 2.54. The van der Waals surface area contributed by atoms with Crippen LogP contribution in [0.5, 0.6) is 0 Å². The van der Waals surface area contributed by atoms with Crippen molar-refractivity contribution in [2.45, 2.75) is 17.3 Å². The van der Waals surface area contributed by atoms with Gasteiger partial charge in [0.15, 0.2) is 5.03 Å². The molecule has 1 unspecified atom stereocenters. The molecule has 0 bridgehead atoms. The number of H-pyrrole nitrogens is 1. The quantitative estimate of drug-likeness (QED) is 0.783. The molecule has 0 aliphatic heterocycles. The van der Waals surface area contributed by atoms with Gasteiger partial charge in [-0.1, -0.05) is 0 Å². The highest BCUT2D eigenvalue weighted by atomic mass is 35.5. The third kappa shape index (κ3) is 2.46. The highest BCUT2D eigenvalue weighted by molar-refractivity contribution is 7.89. The third-order valence-corrected chi connectivity index (χ3v) is 3.56. The van der Waals surface area contributed by atoms with Gasteiger partial charge in [-0.15, -0.1) is 11.6 Å². The van der Waals surface area contributed by atoms with Gasteiger partial charge < -0.3 is 0 Å². The van der Waals surface area contributed by atoms with Gasteiger partial charge in [-0.25, -0.2) is 8.42 Å². The Labute approximate surface area is 88.1 Å². The van der Waals surface area contributed by atoms with Gasteiger partial charge in [-0.3, -0.25) is 5.10 Å². The Morgan fingerprint density at radius 3 is 2.79 bits per heavy atom. The molecule has 1 atom stereocenters. The first kappa shape index (κ1) is 11.5. The van der Waals surface area contributed by atoms with Gasteiger partial charge in [0.25, 0.3) is 10.0 Å². The number of aromatic amines is 1. The van der Waals surface area contributed by atoms with Crippen LogP contribution in [0, 0.1) is 0 Å². The Balaban J connectivity index is 2.86. The van der Waals surface area contributed by atoms with E-state index in [4.69, 9.17) is 11.6 Å². The maximum atomic E-state index is 11.7. The van der Waals surface area contributed by atoms with Crippen LogP contribution in [-0.4, -0.2) is 41.9 Å². The fourth-order valence-electron chi connectivity index (χ4n) is 1.01. The number of alkyl halides is 1. The van der Waals surface area contributed by atoms with Crippen molar-refractivity contribution in [3.05, 3.63) is 12.3 Å². The minimum absolute atomic E-state index is 0.0808. The highest BCUT2D eigenvalue weighted by Crippen LogP contribution is 2.11. The summed E-state index contributed by atoms with van der Waals surface area (Å²) in [5.74, 6) is 0. The monoisotopic (exact) mass is 237 g/mol. The molecule has 0 aliphatic carbocycles. The van der Waals surface area contributed by atoms with Crippen molar-refractivity contribution in [2.24, 2.45) is 0 Å².